The van der Waals surface area contributed by atoms with E-state index in [1.807, 2.05) is 56.0 Å². The van der Waals surface area contributed by atoms with Gasteiger partial charge in [0.05, 0.1) is 6.42 Å². The number of fused-ring (bicyclic) bond motifs is 1. The summed E-state index contributed by atoms with van der Waals surface area (Å²) >= 11 is 0. The lowest BCUT2D eigenvalue weighted by atomic mass is 9.91. The van der Waals surface area contributed by atoms with Crippen molar-refractivity contribution in [3.8, 4) is 0 Å². The normalized spacial score (nSPS) is 17.9. The zero-order valence-electron chi connectivity index (χ0n) is 24.7. The van der Waals surface area contributed by atoms with E-state index in [9.17, 15) is 19.5 Å². The highest BCUT2D eigenvalue weighted by molar-refractivity contribution is 5.90. The standard InChI is InChI=1S/C33H45N3O5/c1-33(2,3)41-32(40)35-18-15-25(16-19-35)11-7-8-12-26-13-14-27-23-36(20-17-24-9-5-4-6-10-24)31(39)29(22-30(37)38)34-28(27)21-26/h4-6,9-10,13-14,21,25,29,34H,7-8,11-12,15-20,22-23H2,1-3H3,(H,37,38)/t29-/m1/s1. The Bertz CT molecular complexity index is 1190. The maximum atomic E-state index is 13.3. The van der Waals surface area contributed by atoms with Crippen LogP contribution in [0.15, 0.2) is 48.5 Å². The molecule has 0 aliphatic carbocycles. The molecule has 8 nitrogen and oxygen atoms in total. The molecule has 2 amide bonds. The van der Waals surface area contributed by atoms with Crippen LogP contribution in [0.4, 0.5) is 10.5 Å². The summed E-state index contributed by atoms with van der Waals surface area (Å²) in [7, 11) is 0. The molecule has 1 fully saturated rings. The first-order valence-corrected chi connectivity index (χ1v) is 15.0. The average molecular weight is 564 g/mol. The van der Waals surface area contributed by atoms with Crippen molar-refractivity contribution >= 4 is 23.7 Å². The van der Waals surface area contributed by atoms with Gasteiger partial charge in [-0.25, -0.2) is 4.79 Å². The minimum atomic E-state index is -0.990. The molecule has 4 rings (SSSR count). The van der Waals surface area contributed by atoms with Crippen molar-refractivity contribution in [1.29, 1.82) is 0 Å². The van der Waals surface area contributed by atoms with Gasteiger partial charge < -0.3 is 25.0 Å². The third kappa shape index (κ3) is 9.23. The van der Waals surface area contributed by atoms with Gasteiger partial charge in [0, 0.05) is 31.9 Å². The Morgan fingerprint density at radius 1 is 1.00 bits per heavy atom. The van der Waals surface area contributed by atoms with E-state index in [2.05, 4.69) is 23.5 Å². The highest BCUT2D eigenvalue weighted by Crippen LogP contribution is 2.28. The number of ether oxygens (including phenoxy) is 1. The van der Waals surface area contributed by atoms with Crippen molar-refractivity contribution in [2.75, 3.05) is 25.0 Å². The number of aryl methyl sites for hydroxylation is 1. The van der Waals surface area contributed by atoms with Gasteiger partial charge >= 0.3 is 12.1 Å². The third-order valence-corrected chi connectivity index (χ3v) is 7.96. The number of rotatable bonds is 10. The van der Waals surface area contributed by atoms with Crippen LogP contribution in [-0.2, 0) is 33.7 Å². The number of unbranched alkanes of at least 4 members (excludes halogenated alkanes) is 1. The minimum absolute atomic E-state index is 0.168. The molecule has 2 heterocycles. The zero-order valence-corrected chi connectivity index (χ0v) is 24.7. The molecule has 0 bridgehead atoms. The van der Waals surface area contributed by atoms with Crippen LogP contribution in [0, 0.1) is 5.92 Å². The molecule has 0 aromatic heterocycles. The molecule has 1 atom stereocenters. The molecule has 2 aliphatic heterocycles. The first kappa shape index (κ1) is 30.4. The summed E-state index contributed by atoms with van der Waals surface area (Å²) in [6, 6.07) is 15.6. The van der Waals surface area contributed by atoms with E-state index >= 15 is 0 Å². The van der Waals surface area contributed by atoms with Crippen LogP contribution < -0.4 is 5.32 Å². The van der Waals surface area contributed by atoms with Crippen LogP contribution >= 0.6 is 0 Å². The van der Waals surface area contributed by atoms with Gasteiger partial charge in [-0.2, -0.15) is 0 Å². The summed E-state index contributed by atoms with van der Waals surface area (Å²) in [5.41, 5.74) is 3.75. The fourth-order valence-corrected chi connectivity index (χ4v) is 5.71. The lowest BCUT2D eigenvalue weighted by Gasteiger charge is -2.33. The van der Waals surface area contributed by atoms with Crippen molar-refractivity contribution in [3.05, 3.63) is 65.2 Å². The van der Waals surface area contributed by atoms with Gasteiger partial charge in [0.25, 0.3) is 0 Å². The van der Waals surface area contributed by atoms with E-state index in [1.54, 1.807) is 4.90 Å². The number of benzene rings is 2. The number of hydrogen-bond donors (Lipinski definition) is 2. The van der Waals surface area contributed by atoms with Gasteiger partial charge in [-0.15, -0.1) is 0 Å². The van der Waals surface area contributed by atoms with Crippen molar-refractivity contribution in [2.24, 2.45) is 5.92 Å². The fraction of sp³-hybridized carbons (Fsp3) is 0.545. The second-order valence-electron chi connectivity index (χ2n) is 12.4. The molecule has 0 spiro atoms. The highest BCUT2D eigenvalue weighted by Gasteiger charge is 2.31. The van der Waals surface area contributed by atoms with Crippen LogP contribution in [0.5, 0.6) is 0 Å². The van der Waals surface area contributed by atoms with Crippen LogP contribution in [0.2, 0.25) is 0 Å². The summed E-state index contributed by atoms with van der Waals surface area (Å²) in [5.74, 6) is -0.527. The van der Waals surface area contributed by atoms with E-state index in [4.69, 9.17) is 4.74 Å². The van der Waals surface area contributed by atoms with E-state index < -0.39 is 17.6 Å². The molecule has 41 heavy (non-hydrogen) atoms. The number of nitrogens with one attached hydrogen (secondary N) is 1. The van der Waals surface area contributed by atoms with Gasteiger partial charge in [0.1, 0.15) is 11.6 Å². The smallest absolute Gasteiger partial charge is 0.410 e. The Morgan fingerprint density at radius 3 is 2.41 bits per heavy atom. The summed E-state index contributed by atoms with van der Waals surface area (Å²) < 4.78 is 5.51. The molecule has 1 saturated heterocycles. The highest BCUT2D eigenvalue weighted by atomic mass is 16.6. The SMILES string of the molecule is CC(C)(C)OC(=O)N1CCC(CCCCc2ccc3c(c2)N[C@H](CC(=O)O)C(=O)N(CCc2ccccc2)C3)CC1. The van der Waals surface area contributed by atoms with E-state index in [1.165, 1.54) is 5.56 Å². The monoisotopic (exact) mass is 563 g/mol. The van der Waals surface area contributed by atoms with Crippen LogP contribution in [0.3, 0.4) is 0 Å². The molecule has 0 unspecified atom stereocenters. The number of nitrogens with zero attached hydrogens (tertiary/aromatic N) is 2. The minimum Gasteiger partial charge on any atom is -0.481 e. The van der Waals surface area contributed by atoms with Gasteiger partial charge in [-0.05, 0) is 81.5 Å². The predicted octanol–water partition coefficient (Wildman–Crippen LogP) is 5.89. The number of carboxylic acid groups (broad SMARTS) is 1. The maximum Gasteiger partial charge on any atom is 0.410 e. The molecule has 2 aliphatic rings. The number of likely N-dealkylation sites (tertiary alicyclic amines) is 1. The Kier molecular flexibility index (Phi) is 10.3. The summed E-state index contributed by atoms with van der Waals surface area (Å²) in [6.07, 6.45) is 6.55. The van der Waals surface area contributed by atoms with Gasteiger partial charge in [0.15, 0.2) is 0 Å². The molecule has 222 valence electrons. The number of amides is 2. The topological polar surface area (TPSA) is 99.2 Å². The number of piperidine rings is 1. The quantitative estimate of drug-likeness (QED) is 0.350. The summed E-state index contributed by atoms with van der Waals surface area (Å²) in [6.45, 7) is 8.21. The van der Waals surface area contributed by atoms with Crippen molar-refractivity contribution in [1.82, 2.24) is 9.80 Å². The molecule has 2 aromatic rings. The van der Waals surface area contributed by atoms with E-state index in [0.29, 0.717) is 19.0 Å². The Morgan fingerprint density at radius 2 is 1.73 bits per heavy atom. The Labute approximate surface area is 244 Å². The van der Waals surface area contributed by atoms with Crippen molar-refractivity contribution < 1.29 is 24.2 Å². The summed E-state index contributed by atoms with van der Waals surface area (Å²) in [5, 5.41) is 12.7. The summed E-state index contributed by atoms with van der Waals surface area (Å²) in [4.78, 5) is 40.8. The molecule has 2 aromatic carbocycles. The lowest BCUT2D eigenvalue weighted by Crippen LogP contribution is -2.42. The second-order valence-corrected chi connectivity index (χ2v) is 12.4. The number of anilines is 1. The van der Waals surface area contributed by atoms with E-state index in [0.717, 1.165) is 74.8 Å². The molecular weight excluding hydrogens is 518 g/mol. The fourth-order valence-electron chi connectivity index (χ4n) is 5.71. The number of carbonyl (C=O) groups excluding carboxylic acids is 2. The van der Waals surface area contributed by atoms with Crippen LogP contribution in [0.1, 0.15) is 76.0 Å². The predicted molar refractivity (Wildman–Crippen MR) is 160 cm³/mol. The van der Waals surface area contributed by atoms with E-state index in [-0.39, 0.29) is 18.4 Å². The zero-order chi connectivity index (χ0) is 29.4. The van der Waals surface area contributed by atoms with Crippen molar-refractivity contribution in [3.63, 3.8) is 0 Å². The molecule has 0 saturated carbocycles. The van der Waals surface area contributed by atoms with Gasteiger partial charge in [-0.3, -0.25) is 9.59 Å². The Balaban J connectivity index is 1.29. The molecule has 0 radical (unpaired) electrons. The van der Waals surface area contributed by atoms with Gasteiger partial charge in [0.2, 0.25) is 5.91 Å². The maximum absolute atomic E-state index is 13.3. The van der Waals surface area contributed by atoms with Crippen LogP contribution in [-0.4, -0.2) is 64.2 Å². The number of carbonyl (C=O) groups is 3. The second kappa shape index (κ2) is 13.9. The lowest BCUT2D eigenvalue weighted by molar-refractivity contribution is -0.141. The first-order valence-electron chi connectivity index (χ1n) is 15.0. The number of aliphatic carboxylic acids is 1. The molecule has 2 N–H and O–H groups in total. The van der Waals surface area contributed by atoms with Crippen LogP contribution in [0.25, 0.3) is 0 Å². The van der Waals surface area contributed by atoms with Gasteiger partial charge in [-0.1, -0.05) is 55.3 Å². The number of carboxylic acids is 1. The molecular formula is C33H45N3O5. The number of hydrogen-bond acceptors (Lipinski definition) is 5. The largest absolute Gasteiger partial charge is 0.481 e. The average Bonchev–Trinajstić information content (AvgIpc) is 3.05. The Hall–Kier alpha value is -3.55. The molecule has 8 heteroatoms. The van der Waals surface area contributed by atoms with Crippen molar-refractivity contribution in [2.45, 2.75) is 90.3 Å². The first-order chi connectivity index (χ1) is 19.6. The third-order valence-electron chi connectivity index (χ3n) is 7.96.